The van der Waals surface area contributed by atoms with Gasteiger partial charge in [0.25, 0.3) is 0 Å². The fourth-order valence-corrected chi connectivity index (χ4v) is 1.07. The molecule has 0 atom stereocenters. The third kappa shape index (κ3) is 10.3. The maximum atomic E-state index is 5.42. The molecule has 0 unspecified atom stereocenters. The minimum atomic E-state index is 0.379. The number of hydrogen-bond acceptors (Lipinski definition) is 1. The molecular weight excluding hydrogens is 181 g/mol. The Morgan fingerprint density at radius 1 is 1.09 bits per heavy atom. The van der Waals surface area contributed by atoms with Gasteiger partial charge in [-0.25, -0.2) is 0 Å². The summed E-state index contributed by atoms with van der Waals surface area (Å²) < 4.78 is 0.379. The second-order valence-electron chi connectivity index (χ2n) is 2.49. The van der Waals surface area contributed by atoms with Crippen LogP contribution in [-0.4, -0.2) is 6.54 Å². The average molecular weight is 196 g/mol. The highest BCUT2D eigenvalue weighted by Crippen LogP contribution is 2.10. The number of hydrogen-bond donors (Lipinski definition) is 1. The number of nitrogens with two attached hydrogens (primary N) is 1. The SMILES string of the molecule is NCCCCCCC=C(Cl)Cl. The van der Waals surface area contributed by atoms with Gasteiger partial charge in [0.05, 0.1) is 0 Å². The minimum absolute atomic E-state index is 0.379. The van der Waals surface area contributed by atoms with Crippen molar-refractivity contribution in [2.24, 2.45) is 5.73 Å². The summed E-state index contributed by atoms with van der Waals surface area (Å²) in [4.78, 5) is 0. The van der Waals surface area contributed by atoms with E-state index in [2.05, 4.69) is 0 Å². The van der Waals surface area contributed by atoms with Gasteiger partial charge in [-0.3, -0.25) is 0 Å². The van der Waals surface area contributed by atoms with Crippen molar-refractivity contribution in [3.05, 3.63) is 10.6 Å². The number of unbranched alkanes of at least 4 members (excludes halogenated alkanes) is 4. The van der Waals surface area contributed by atoms with Crippen molar-refractivity contribution < 1.29 is 0 Å². The lowest BCUT2D eigenvalue weighted by molar-refractivity contribution is 0.653. The van der Waals surface area contributed by atoms with Crippen LogP contribution in [0.1, 0.15) is 32.1 Å². The smallest absolute Gasteiger partial charge is 0.102 e. The molecule has 0 radical (unpaired) electrons. The molecule has 0 rings (SSSR count). The van der Waals surface area contributed by atoms with E-state index in [9.17, 15) is 0 Å². The van der Waals surface area contributed by atoms with Gasteiger partial charge < -0.3 is 5.73 Å². The third-order valence-corrected chi connectivity index (χ3v) is 1.77. The molecule has 0 aliphatic carbocycles. The zero-order valence-corrected chi connectivity index (χ0v) is 8.17. The van der Waals surface area contributed by atoms with Gasteiger partial charge in [-0.05, 0) is 25.8 Å². The molecule has 2 N–H and O–H groups in total. The van der Waals surface area contributed by atoms with Gasteiger partial charge in [-0.15, -0.1) is 0 Å². The molecule has 0 saturated carbocycles. The molecule has 0 bridgehead atoms. The Hall–Kier alpha value is 0.280. The standard InChI is InChI=1S/C8H15Cl2N/c9-8(10)6-4-2-1-3-5-7-11/h6H,1-5,7,11H2. The van der Waals surface area contributed by atoms with Crippen molar-refractivity contribution in [1.29, 1.82) is 0 Å². The van der Waals surface area contributed by atoms with E-state index in [-0.39, 0.29) is 0 Å². The van der Waals surface area contributed by atoms with Crippen LogP contribution in [0.4, 0.5) is 0 Å². The largest absolute Gasteiger partial charge is 0.330 e. The maximum Gasteiger partial charge on any atom is 0.102 e. The third-order valence-electron chi connectivity index (χ3n) is 1.46. The first-order chi connectivity index (χ1) is 5.27. The maximum absolute atomic E-state index is 5.42. The van der Waals surface area contributed by atoms with E-state index in [1.807, 2.05) is 6.08 Å². The molecule has 66 valence electrons. The first-order valence-corrected chi connectivity index (χ1v) is 4.74. The topological polar surface area (TPSA) is 26.0 Å². The van der Waals surface area contributed by atoms with Gasteiger partial charge in [0.15, 0.2) is 0 Å². The van der Waals surface area contributed by atoms with Crippen LogP contribution in [0.25, 0.3) is 0 Å². The van der Waals surface area contributed by atoms with Crippen molar-refractivity contribution >= 4 is 23.2 Å². The van der Waals surface area contributed by atoms with E-state index in [1.54, 1.807) is 0 Å². The van der Waals surface area contributed by atoms with E-state index >= 15 is 0 Å². The predicted octanol–water partition coefficient (Wildman–Crippen LogP) is 3.21. The minimum Gasteiger partial charge on any atom is -0.330 e. The summed E-state index contributed by atoms with van der Waals surface area (Å²) in [6.07, 6.45) is 7.53. The summed E-state index contributed by atoms with van der Waals surface area (Å²) in [7, 11) is 0. The van der Waals surface area contributed by atoms with Gasteiger partial charge in [0.2, 0.25) is 0 Å². The summed E-state index contributed by atoms with van der Waals surface area (Å²) in [5.41, 5.74) is 5.34. The first kappa shape index (κ1) is 11.3. The normalized spacial score (nSPS) is 9.73. The number of halogens is 2. The zero-order valence-electron chi connectivity index (χ0n) is 6.65. The first-order valence-electron chi connectivity index (χ1n) is 3.98. The van der Waals surface area contributed by atoms with Crippen molar-refractivity contribution in [1.82, 2.24) is 0 Å². The summed E-state index contributed by atoms with van der Waals surface area (Å²) >= 11 is 10.8. The number of allylic oxidation sites excluding steroid dienone is 1. The summed E-state index contributed by atoms with van der Waals surface area (Å²) in [5.74, 6) is 0. The second-order valence-corrected chi connectivity index (χ2v) is 3.49. The van der Waals surface area contributed by atoms with Crippen LogP contribution in [0, 0.1) is 0 Å². The molecule has 3 heteroatoms. The molecule has 0 saturated heterocycles. The van der Waals surface area contributed by atoms with Crippen LogP contribution in [0.5, 0.6) is 0 Å². The van der Waals surface area contributed by atoms with Gasteiger partial charge in [-0.1, -0.05) is 42.1 Å². The Morgan fingerprint density at radius 3 is 2.27 bits per heavy atom. The molecule has 0 aliphatic heterocycles. The second kappa shape index (κ2) is 8.38. The van der Waals surface area contributed by atoms with E-state index < -0.39 is 0 Å². The van der Waals surface area contributed by atoms with E-state index in [0.29, 0.717) is 4.49 Å². The molecule has 0 aromatic rings. The van der Waals surface area contributed by atoms with Crippen LogP contribution >= 0.6 is 23.2 Å². The highest BCUT2D eigenvalue weighted by atomic mass is 35.5. The molecule has 0 heterocycles. The molecule has 0 aliphatic rings. The van der Waals surface area contributed by atoms with Crippen LogP contribution in [-0.2, 0) is 0 Å². The molecular formula is C8H15Cl2N. The fourth-order valence-electron chi connectivity index (χ4n) is 0.853. The Morgan fingerprint density at radius 2 is 1.73 bits per heavy atom. The van der Waals surface area contributed by atoms with Crippen LogP contribution < -0.4 is 5.73 Å². The Labute approximate surface area is 78.6 Å². The van der Waals surface area contributed by atoms with Gasteiger partial charge in [0.1, 0.15) is 4.49 Å². The van der Waals surface area contributed by atoms with Crippen molar-refractivity contribution in [3.8, 4) is 0 Å². The predicted molar refractivity (Wildman–Crippen MR) is 51.9 cm³/mol. The van der Waals surface area contributed by atoms with Crippen molar-refractivity contribution in [2.75, 3.05) is 6.54 Å². The Bertz CT molecular complexity index is 109. The van der Waals surface area contributed by atoms with E-state index in [1.165, 1.54) is 12.8 Å². The molecule has 0 aromatic carbocycles. The summed E-state index contributed by atoms with van der Waals surface area (Å²) in [6.45, 7) is 0.798. The van der Waals surface area contributed by atoms with E-state index in [4.69, 9.17) is 28.9 Å². The summed E-state index contributed by atoms with van der Waals surface area (Å²) in [6, 6.07) is 0. The molecule has 0 spiro atoms. The molecule has 11 heavy (non-hydrogen) atoms. The molecule has 1 nitrogen and oxygen atoms in total. The monoisotopic (exact) mass is 195 g/mol. The number of rotatable bonds is 6. The average Bonchev–Trinajstić information content (AvgIpc) is 1.96. The Kier molecular flexibility index (Phi) is 8.59. The van der Waals surface area contributed by atoms with Crippen LogP contribution in [0.3, 0.4) is 0 Å². The summed E-state index contributed by atoms with van der Waals surface area (Å²) in [5, 5.41) is 0. The lowest BCUT2D eigenvalue weighted by Gasteiger charge is -1.95. The lowest BCUT2D eigenvalue weighted by atomic mass is 10.1. The quantitative estimate of drug-likeness (QED) is 0.648. The molecule has 0 amide bonds. The van der Waals surface area contributed by atoms with Crippen LogP contribution in [0.15, 0.2) is 10.6 Å². The fraction of sp³-hybridized carbons (Fsp3) is 0.750. The highest BCUT2D eigenvalue weighted by Gasteiger charge is 1.87. The van der Waals surface area contributed by atoms with Crippen molar-refractivity contribution in [3.63, 3.8) is 0 Å². The molecule has 0 aromatic heterocycles. The molecule has 0 fully saturated rings. The zero-order chi connectivity index (χ0) is 8.53. The highest BCUT2D eigenvalue weighted by molar-refractivity contribution is 6.55. The lowest BCUT2D eigenvalue weighted by Crippen LogP contribution is -1.97. The van der Waals surface area contributed by atoms with Gasteiger partial charge >= 0.3 is 0 Å². The van der Waals surface area contributed by atoms with Gasteiger partial charge in [-0.2, -0.15) is 0 Å². The Balaban J connectivity index is 2.97. The van der Waals surface area contributed by atoms with Crippen LogP contribution in [0.2, 0.25) is 0 Å². The van der Waals surface area contributed by atoms with Gasteiger partial charge in [0, 0.05) is 0 Å². The van der Waals surface area contributed by atoms with E-state index in [0.717, 1.165) is 25.8 Å². The van der Waals surface area contributed by atoms with Crippen molar-refractivity contribution in [2.45, 2.75) is 32.1 Å².